The minimum Gasteiger partial charge on any atom is -0.389 e. The van der Waals surface area contributed by atoms with E-state index >= 15 is 0 Å². The molecule has 2 heteroatoms. The molecule has 2 nitrogen and oxygen atoms in total. The Morgan fingerprint density at radius 1 is 1.47 bits per heavy atom. The van der Waals surface area contributed by atoms with Crippen molar-refractivity contribution in [3.63, 3.8) is 0 Å². The second-order valence-corrected chi connectivity index (χ2v) is 4.05. The standard InChI is InChI=1S/C13H14O2/c1-9-3-2-4-10(5-9)6-11-7-12(14)8-13(11)15/h2-5,7,12,14H,6,8H2,1H3. The third-order valence-corrected chi connectivity index (χ3v) is 2.62. The first-order valence-corrected chi connectivity index (χ1v) is 5.12. The van der Waals surface area contributed by atoms with Crippen molar-refractivity contribution in [2.24, 2.45) is 0 Å². The van der Waals surface area contributed by atoms with E-state index in [1.54, 1.807) is 6.08 Å². The van der Waals surface area contributed by atoms with Crippen LogP contribution in [0.4, 0.5) is 0 Å². The third kappa shape index (κ3) is 2.34. The van der Waals surface area contributed by atoms with Crippen LogP contribution >= 0.6 is 0 Å². The van der Waals surface area contributed by atoms with Gasteiger partial charge in [-0.2, -0.15) is 0 Å². The van der Waals surface area contributed by atoms with Crippen LogP contribution in [0.25, 0.3) is 0 Å². The topological polar surface area (TPSA) is 37.3 Å². The number of aryl methyl sites for hydroxylation is 1. The van der Waals surface area contributed by atoms with Gasteiger partial charge in [0.15, 0.2) is 5.78 Å². The van der Waals surface area contributed by atoms with Gasteiger partial charge in [0.25, 0.3) is 0 Å². The molecule has 0 spiro atoms. The predicted octanol–water partition coefficient (Wildman–Crippen LogP) is 1.80. The molecule has 1 aliphatic rings. The highest BCUT2D eigenvalue weighted by Gasteiger charge is 2.21. The monoisotopic (exact) mass is 202 g/mol. The molecule has 78 valence electrons. The predicted molar refractivity (Wildman–Crippen MR) is 58.6 cm³/mol. The molecular formula is C13H14O2. The number of Topliss-reactive ketones (excluding diaryl/α,β-unsaturated/α-hetero) is 1. The first kappa shape index (κ1) is 10.1. The molecule has 0 bridgehead atoms. The highest BCUT2D eigenvalue weighted by atomic mass is 16.3. The summed E-state index contributed by atoms with van der Waals surface area (Å²) >= 11 is 0. The Morgan fingerprint density at radius 3 is 2.87 bits per heavy atom. The Hall–Kier alpha value is -1.41. The number of rotatable bonds is 2. The van der Waals surface area contributed by atoms with Crippen molar-refractivity contribution in [2.45, 2.75) is 25.9 Å². The molecule has 1 aromatic rings. The van der Waals surface area contributed by atoms with E-state index in [1.807, 2.05) is 25.1 Å². The average Bonchev–Trinajstić information content (AvgIpc) is 2.45. The van der Waals surface area contributed by atoms with Crippen LogP contribution < -0.4 is 0 Å². The summed E-state index contributed by atoms with van der Waals surface area (Å²) in [6.07, 6.45) is 1.99. The van der Waals surface area contributed by atoms with Gasteiger partial charge in [0, 0.05) is 12.8 Å². The lowest BCUT2D eigenvalue weighted by atomic mass is 10.0. The number of aliphatic hydroxyl groups excluding tert-OH is 1. The van der Waals surface area contributed by atoms with E-state index in [-0.39, 0.29) is 12.2 Å². The first-order valence-electron chi connectivity index (χ1n) is 5.12. The smallest absolute Gasteiger partial charge is 0.161 e. The van der Waals surface area contributed by atoms with E-state index in [9.17, 15) is 9.90 Å². The highest BCUT2D eigenvalue weighted by molar-refractivity contribution is 5.98. The van der Waals surface area contributed by atoms with Gasteiger partial charge in [0.1, 0.15) is 0 Å². The Labute approximate surface area is 89.2 Å². The number of carbonyl (C=O) groups is 1. The van der Waals surface area contributed by atoms with Crippen LogP contribution in [0.1, 0.15) is 17.5 Å². The summed E-state index contributed by atoms with van der Waals surface area (Å²) in [6.45, 7) is 2.03. The van der Waals surface area contributed by atoms with Gasteiger partial charge < -0.3 is 5.11 Å². The van der Waals surface area contributed by atoms with Crippen LogP contribution in [0.5, 0.6) is 0 Å². The summed E-state index contributed by atoms with van der Waals surface area (Å²) in [4.78, 5) is 11.4. The molecule has 15 heavy (non-hydrogen) atoms. The Kier molecular flexibility index (Phi) is 2.69. The minimum absolute atomic E-state index is 0.0732. The lowest BCUT2D eigenvalue weighted by Gasteiger charge is -2.02. The molecule has 0 aliphatic heterocycles. The number of hydrogen-bond donors (Lipinski definition) is 1. The lowest BCUT2D eigenvalue weighted by Crippen LogP contribution is -2.02. The fourth-order valence-electron chi connectivity index (χ4n) is 1.90. The van der Waals surface area contributed by atoms with Crippen molar-refractivity contribution in [3.05, 3.63) is 47.0 Å². The van der Waals surface area contributed by atoms with E-state index in [0.717, 1.165) is 11.1 Å². The maximum absolute atomic E-state index is 11.4. The van der Waals surface area contributed by atoms with Crippen molar-refractivity contribution in [1.82, 2.24) is 0 Å². The van der Waals surface area contributed by atoms with Gasteiger partial charge in [0.05, 0.1) is 6.10 Å². The average molecular weight is 202 g/mol. The molecule has 0 amide bonds. The zero-order valence-electron chi connectivity index (χ0n) is 8.73. The van der Waals surface area contributed by atoms with Crippen LogP contribution in [0.3, 0.4) is 0 Å². The number of benzene rings is 1. The van der Waals surface area contributed by atoms with Crippen molar-refractivity contribution >= 4 is 5.78 Å². The number of ketones is 1. The Balaban J connectivity index is 2.16. The summed E-state index contributed by atoms with van der Waals surface area (Å²) in [5.41, 5.74) is 3.07. The summed E-state index contributed by atoms with van der Waals surface area (Å²) < 4.78 is 0. The van der Waals surface area contributed by atoms with Crippen LogP contribution in [-0.4, -0.2) is 17.0 Å². The molecule has 0 fully saturated rings. The summed E-state index contributed by atoms with van der Waals surface area (Å²) in [7, 11) is 0. The molecule has 0 saturated carbocycles. The Morgan fingerprint density at radius 2 is 2.27 bits per heavy atom. The van der Waals surface area contributed by atoms with Crippen molar-refractivity contribution in [1.29, 1.82) is 0 Å². The molecule has 1 unspecified atom stereocenters. The summed E-state index contributed by atoms with van der Waals surface area (Å²) in [6, 6.07) is 8.09. The van der Waals surface area contributed by atoms with E-state index < -0.39 is 6.10 Å². The fourth-order valence-corrected chi connectivity index (χ4v) is 1.90. The van der Waals surface area contributed by atoms with Gasteiger partial charge >= 0.3 is 0 Å². The molecule has 0 aromatic heterocycles. The fraction of sp³-hybridized carbons (Fsp3) is 0.308. The van der Waals surface area contributed by atoms with Crippen LogP contribution in [0.2, 0.25) is 0 Å². The summed E-state index contributed by atoms with van der Waals surface area (Å²) in [5.74, 6) is 0.0732. The third-order valence-electron chi connectivity index (χ3n) is 2.62. The normalized spacial score (nSPS) is 20.5. The SMILES string of the molecule is Cc1cccc(CC2=CC(O)CC2=O)c1. The number of carbonyl (C=O) groups excluding carboxylic acids is 1. The Bertz CT molecular complexity index is 418. The molecule has 1 aromatic carbocycles. The van der Waals surface area contributed by atoms with Crippen LogP contribution in [-0.2, 0) is 11.2 Å². The zero-order valence-corrected chi connectivity index (χ0v) is 8.73. The lowest BCUT2D eigenvalue weighted by molar-refractivity contribution is -0.115. The number of aliphatic hydroxyl groups is 1. The zero-order chi connectivity index (χ0) is 10.8. The van der Waals surface area contributed by atoms with Crippen LogP contribution in [0, 0.1) is 6.92 Å². The van der Waals surface area contributed by atoms with Gasteiger partial charge in [-0.1, -0.05) is 29.8 Å². The van der Waals surface area contributed by atoms with Gasteiger partial charge in [-0.3, -0.25) is 4.79 Å². The van der Waals surface area contributed by atoms with Gasteiger partial charge in [-0.25, -0.2) is 0 Å². The maximum Gasteiger partial charge on any atom is 0.161 e. The molecule has 2 rings (SSSR count). The molecule has 0 radical (unpaired) electrons. The van der Waals surface area contributed by atoms with E-state index in [4.69, 9.17) is 0 Å². The molecule has 1 aliphatic carbocycles. The van der Waals surface area contributed by atoms with Crippen molar-refractivity contribution in [2.75, 3.05) is 0 Å². The van der Waals surface area contributed by atoms with E-state index in [1.165, 1.54) is 5.56 Å². The van der Waals surface area contributed by atoms with Gasteiger partial charge in [0.2, 0.25) is 0 Å². The molecule has 1 N–H and O–H groups in total. The van der Waals surface area contributed by atoms with Gasteiger partial charge in [-0.15, -0.1) is 0 Å². The second kappa shape index (κ2) is 3.99. The van der Waals surface area contributed by atoms with E-state index in [0.29, 0.717) is 6.42 Å². The first-order chi connectivity index (χ1) is 7.15. The molecular weight excluding hydrogens is 188 g/mol. The quantitative estimate of drug-likeness (QED) is 0.794. The number of allylic oxidation sites excluding steroid dienone is 1. The highest BCUT2D eigenvalue weighted by Crippen LogP contribution is 2.19. The molecule has 1 atom stereocenters. The van der Waals surface area contributed by atoms with Gasteiger partial charge in [-0.05, 0) is 24.1 Å². The maximum atomic E-state index is 11.4. The van der Waals surface area contributed by atoms with E-state index in [2.05, 4.69) is 6.07 Å². The molecule has 0 heterocycles. The summed E-state index contributed by atoms with van der Waals surface area (Å²) in [5, 5.41) is 9.31. The minimum atomic E-state index is -0.572. The van der Waals surface area contributed by atoms with Crippen molar-refractivity contribution in [3.8, 4) is 0 Å². The largest absolute Gasteiger partial charge is 0.389 e. The number of hydrogen-bond acceptors (Lipinski definition) is 2. The van der Waals surface area contributed by atoms with Crippen LogP contribution in [0.15, 0.2) is 35.9 Å². The van der Waals surface area contributed by atoms with Crippen molar-refractivity contribution < 1.29 is 9.90 Å². The second-order valence-electron chi connectivity index (χ2n) is 4.05. The molecule has 0 saturated heterocycles.